The second-order valence-electron chi connectivity index (χ2n) is 7.23. The number of aryl methyl sites for hydroxylation is 1. The summed E-state index contributed by atoms with van der Waals surface area (Å²) in [5.74, 6) is 0.915. The SMILES string of the molecule is CN(C)c1ccc(N[C@H]2CCCN(C(=O)c3ccc(=O)n(C)c3)CC2)cn1. The van der Waals surface area contributed by atoms with E-state index in [4.69, 9.17) is 0 Å². The van der Waals surface area contributed by atoms with Gasteiger partial charge in [0.25, 0.3) is 5.91 Å². The van der Waals surface area contributed by atoms with Crippen molar-refractivity contribution in [3.8, 4) is 0 Å². The number of rotatable bonds is 4. The minimum atomic E-state index is -0.111. The Balaban J connectivity index is 1.60. The molecule has 0 unspecified atom stereocenters. The van der Waals surface area contributed by atoms with Crippen LogP contribution in [0.2, 0.25) is 0 Å². The smallest absolute Gasteiger partial charge is 0.255 e. The van der Waals surface area contributed by atoms with Crippen molar-refractivity contribution in [2.24, 2.45) is 7.05 Å². The number of nitrogens with zero attached hydrogens (tertiary/aromatic N) is 4. The first-order valence-corrected chi connectivity index (χ1v) is 9.30. The third-order valence-electron chi connectivity index (χ3n) is 4.92. The van der Waals surface area contributed by atoms with Crippen molar-refractivity contribution in [3.05, 3.63) is 52.6 Å². The van der Waals surface area contributed by atoms with Crippen LogP contribution in [0.3, 0.4) is 0 Å². The maximum atomic E-state index is 12.8. The molecule has 7 heteroatoms. The molecular weight excluding hydrogens is 342 g/mol. The van der Waals surface area contributed by atoms with E-state index in [1.807, 2.05) is 42.2 Å². The van der Waals surface area contributed by atoms with Crippen LogP contribution < -0.4 is 15.8 Å². The van der Waals surface area contributed by atoms with Gasteiger partial charge in [0.15, 0.2) is 0 Å². The van der Waals surface area contributed by atoms with Crippen LogP contribution in [0.25, 0.3) is 0 Å². The second-order valence-corrected chi connectivity index (χ2v) is 7.23. The molecule has 1 atom stereocenters. The Hall–Kier alpha value is -2.83. The molecule has 1 aliphatic heterocycles. The molecule has 0 radical (unpaired) electrons. The average molecular weight is 369 g/mol. The van der Waals surface area contributed by atoms with Crippen molar-refractivity contribution in [3.63, 3.8) is 0 Å². The van der Waals surface area contributed by atoms with Gasteiger partial charge in [0.05, 0.1) is 17.4 Å². The summed E-state index contributed by atoms with van der Waals surface area (Å²) in [6, 6.07) is 7.41. The van der Waals surface area contributed by atoms with Gasteiger partial charge < -0.3 is 19.7 Å². The molecule has 0 saturated carbocycles. The van der Waals surface area contributed by atoms with Crippen molar-refractivity contribution in [2.75, 3.05) is 37.4 Å². The maximum absolute atomic E-state index is 12.8. The molecule has 144 valence electrons. The van der Waals surface area contributed by atoms with Crippen molar-refractivity contribution in [1.29, 1.82) is 0 Å². The van der Waals surface area contributed by atoms with E-state index < -0.39 is 0 Å². The fourth-order valence-electron chi connectivity index (χ4n) is 3.32. The van der Waals surface area contributed by atoms with Crippen LogP contribution in [-0.2, 0) is 7.05 Å². The van der Waals surface area contributed by atoms with Gasteiger partial charge in [0.1, 0.15) is 5.82 Å². The molecule has 1 amide bonds. The Morgan fingerprint density at radius 1 is 1.19 bits per heavy atom. The predicted octanol–water partition coefficient (Wildman–Crippen LogP) is 1.95. The number of aromatic nitrogens is 2. The minimum absolute atomic E-state index is 0.0109. The molecule has 7 nitrogen and oxygen atoms in total. The molecule has 0 spiro atoms. The molecule has 2 aromatic heterocycles. The van der Waals surface area contributed by atoms with Gasteiger partial charge in [0, 0.05) is 52.5 Å². The van der Waals surface area contributed by atoms with Crippen LogP contribution >= 0.6 is 0 Å². The van der Waals surface area contributed by atoms with E-state index >= 15 is 0 Å². The molecular formula is C20H27N5O2. The molecule has 2 aromatic rings. The minimum Gasteiger partial charge on any atom is -0.381 e. The quantitative estimate of drug-likeness (QED) is 0.892. The topological polar surface area (TPSA) is 70.5 Å². The number of pyridine rings is 2. The molecule has 3 heterocycles. The molecule has 1 fully saturated rings. The molecule has 1 aliphatic rings. The average Bonchev–Trinajstić information content (AvgIpc) is 2.89. The number of carbonyl (C=O) groups is 1. The van der Waals surface area contributed by atoms with Gasteiger partial charge >= 0.3 is 0 Å². The molecule has 1 saturated heterocycles. The highest BCUT2D eigenvalue weighted by molar-refractivity contribution is 5.93. The lowest BCUT2D eigenvalue weighted by molar-refractivity contribution is 0.0760. The van der Waals surface area contributed by atoms with Gasteiger partial charge in [-0.25, -0.2) is 4.98 Å². The number of anilines is 2. The Morgan fingerprint density at radius 2 is 2.00 bits per heavy atom. The van der Waals surface area contributed by atoms with Gasteiger partial charge in [-0.1, -0.05) is 0 Å². The summed E-state index contributed by atoms with van der Waals surface area (Å²) in [6.07, 6.45) is 6.30. The zero-order valence-corrected chi connectivity index (χ0v) is 16.2. The molecule has 3 rings (SSSR count). The highest BCUT2D eigenvalue weighted by Crippen LogP contribution is 2.19. The second kappa shape index (κ2) is 8.24. The Kier molecular flexibility index (Phi) is 5.78. The van der Waals surface area contributed by atoms with Gasteiger partial charge in [0.2, 0.25) is 5.56 Å². The predicted molar refractivity (Wildman–Crippen MR) is 107 cm³/mol. The summed E-state index contributed by atoms with van der Waals surface area (Å²) in [5.41, 5.74) is 1.45. The molecule has 1 N–H and O–H groups in total. The zero-order valence-electron chi connectivity index (χ0n) is 16.2. The van der Waals surface area contributed by atoms with Crippen LogP contribution in [0.1, 0.15) is 29.6 Å². The first-order valence-electron chi connectivity index (χ1n) is 9.30. The lowest BCUT2D eigenvalue weighted by Crippen LogP contribution is -2.33. The lowest BCUT2D eigenvalue weighted by Gasteiger charge is -2.21. The highest BCUT2D eigenvalue weighted by Gasteiger charge is 2.22. The summed E-state index contributed by atoms with van der Waals surface area (Å²) in [4.78, 5) is 32.6. The van der Waals surface area contributed by atoms with E-state index in [9.17, 15) is 9.59 Å². The number of nitrogens with one attached hydrogen (secondary N) is 1. The van der Waals surface area contributed by atoms with Crippen molar-refractivity contribution in [2.45, 2.75) is 25.3 Å². The third-order valence-corrected chi connectivity index (χ3v) is 4.92. The highest BCUT2D eigenvalue weighted by atomic mass is 16.2. The van der Waals surface area contributed by atoms with Crippen LogP contribution in [-0.4, -0.2) is 53.6 Å². The van der Waals surface area contributed by atoms with Gasteiger partial charge in [-0.3, -0.25) is 9.59 Å². The lowest BCUT2D eigenvalue weighted by atomic mass is 10.1. The first kappa shape index (κ1) is 18.9. The summed E-state index contributed by atoms with van der Waals surface area (Å²) >= 11 is 0. The molecule has 0 aromatic carbocycles. The number of hydrogen-bond acceptors (Lipinski definition) is 5. The maximum Gasteiger partial charge on any atom is 0.255 e. The van der Waals surface area contributed by atoms with Crippen LogP contribution in [0.5, 0.6) is 0 Å². The van der Waals surface area contributed by atoms with E-state index in [1.165, 1.54) is 10.6 Å². The summed E-state index contributed by atoms with van der Waals surface area (Å²) in [6.45, 7) is 1.43. The molecule has 27 heavy (non-hydrogen) atoms. The monoisotopic (exact) mass is 369 g/mol. The normalized spacial score (nSPS) is 17.3. The number of carbonyl (C=O) groups excluding carboxylic acids is 1. The Morgan fingerprint density at radius 3 is 2.67 bits per heavy atom. The Labute approximate surface area is 159 Å². The van der Waals surface area contributed by atoms with Gasteiger partial charge in [-0.15, -0.1) is 0 Å². The van der Waals surface area contributed by atoms with E-state index in [0.29, 0.717) is 18.2 Å². The van der Waals surface area contributed by atoms with E-state index in [0.717, 1.165) is 37.3 Å². The van der Waals surface area contributed by atoms with Crippen molar-refractivity contribution < 1.29 is 4.79 Å². The Bertz CT molecular complexity index is 844. The van der Waals surface area contributed by atoms with E-state index in [1.54, 1.807) is 19.3 Å². The third kappa shape index (κ3) is 4.67. The summed E-state index contributed by atoms with van der Waals surface area (Å²) < 4.78 is 1.44. The van der Waals surface area contributed by atoms with Crippen LogP contribution in [0, 0.1) is 0 Å². The van der Waals surface area contributed by atoms with Gasteiger partial charge in [-0.05, 0) is 37.5 Å². The molecule has 0 bridgehead atoms. The van der Waals surface area contributed by atoms with Crippen molar-refractivity contribution in [1.82, 2.24) is 14.5 Å². The van der Waals surface area contributed by atoms with E-state index in [-0.39, 0.29) is 11.5 Å². The number of hydrogen-bond donors (Lipinski definition) is 1. The molecule has 0 aliphatic carbocycles. The first-order chi connectivity index (χ1) is 12.9. The standard InChI is InChI=1S/C20H27N5O2/c1-23(2)18-8-7-17(13-21-18)22-16-5-4-11-25(12-10-16)20(27)15-6-9-19(26)24(3)14-15/h6-9,13-14,16,22H,4-5,10-12H2,1-3H3/t16-/m0/s1. The zero-order chi connectivity index (χ0) is 19.4. The largest absolute Gasteiger partial charge is 0.381 e. The van der Waals surface area contributed by atoms with Crippen LogP contribution in [0.15, 0.2) is 41.5 Å². The van der Waals surface area contributed by atoms with Gasteiger partial charge in [-0.2, -0.15) is 0 Å². The van der Waals surface area contributed by atoms with Crippen LogP contribution in [0.4, 0.5) is 11.5 Å². The summed E-state index contributed by atoms with van der Waals surface area (Å²) in [7, 11) is 5.60. The fraction of sp³-hybridized carbons (Fsp3) is 0.450. The summed E-state index contributed by atoms with van der Waals surface area (Å²) in [5, 5.41) is 3.54. The number of amides is 1. The number of likely N-dealkylation sites (tertiary alicyclic amines) is 1. The fourth-order valence-corrected chi connectivity index (χ4v) is 3.32. The van der Waals surface area contributed by atoms with Crippen molar-refractivity contribution >= 4 is 17.4 Å². The van der Waals surface area contributed by atoms with E-state index in [2.05, 4.69) is 10.3 Å².